The number of nitrogens with zero attached hydrogens (tertiary/aromatic N) is 5. The van der Waals surface area contributed by atoms with E-state index in [1.807, 2.05) is 6.07 Å². The highest BCUT2D eigenvalue weighted by molar-refractivity contribution is 6.18. The fourth-order valence-corrected chi connectivity index (χ4v) is 9.23. The van der Waals surface area contributed by atoms with Crippen molar-refractivity contribution in [3.63, 3.8) is 0 Å². The molecule has 62 heavy (non-hydrogen) atoms. The van der Waals surface area contributed by atoms with Gasteiger partial charge in [-0.3, -0.25) is 4.57 Å². The second-order valence-corrected chi connectivity index (χ2v) is 15.6. The van der Waals surface area contributed by atoms with E-state index in [1.54, 1.807) is 0 Å². The summed E-state index contributed by atoms with van der Waals surface area (Å²) < 4.78 is 4.60. The summed E-state index contributed by atoms with van der Waals surface area (Å²) in [6.45, 7) is 0. The van der Waals surface area contributed by atoms with Gasteiger partial charge in [-0.1, -0.05) is 194 Å². The predicted octanol–water partition coefficient (Wildman–Crippen LogP) is 14.4. The highest BCUT2D eigenvalue weighted by Crippen LogP contribution is 2.43. The van der Waals surface area contributed by atoms with Gasteiger partial charge in [0.2, 0.25) is 5.95 Å². The Morgan fingerprint density at radius 2 is 0.742 bits per heavy atom. The van der Waals surface area contributed by atoms with Gasteiger partial charge in [-0.05, 0) is 58.1 Å². The Balaban J connectivity index is 1.17. The van der Waals surface area contributed by atoms with Crippen LogP contribution < -0.4 is 0 Å². The SMILES string of the molecule is c1ccc(-c2ccc(-c3nc(-c4ccccc4-n4c5ccccc5c5ccccc54)nc(-n4c5cccc(-c6ccccc6)c5c5cccc(-c6ccccc6)c54)n3)cc2)cc1. The van der Waals surface area contributed by atoms with Gasteiger partial charge in [0.1, 0.15) is 0 Å². The van der Waals surface area contributed by atoms with E-state index >= 15 is 0 Å². The summed E-state index contributed by atoms with van der Waals surface area (Å²) >= 11 is 0. The van der Waals surface area contributed by atoms with Crippen molar-refractivity contribution in [2.24, 2.45) is 0 Å². The van der Waals surface area contributed by atoms with Crippen molar-refractivity contribution in [2.45, 2.75) is 0 Å². The molecule has 0 fully saturated rings. The summed E-state index contributed by atoms with van der Waals surface area (Å²) in [5.74, 6) is 1.72. The van der Waals surface area contributed by atoms with Crippen LogP contribution in [0.25, 0.3) is 111 Å². The van der Waals surface area contributed by atoms with Crippen LogP contribution in [0.3, 0.4) is 0 Å². The lowest BCUT2D eigenvalue weighted by molar-refractivity contribution is 0.952. The first kappa shape index (κ1) is 35.5. The van der Waals surface area contributed by atoms with Gasteiger partial charge in [0.15, 0.2) is 11.6 Å². The Hall–Kier alpha value is -8.41. The van der Waals surface area contributed by atoms with Crippen LogP contribution in [-0.4, -0.2) is 24.1 Å². The number of aromatic nitrogens is 5. The highest BCUT2D eigenvalue weighted by atomic mass is 15.2. The molecular formula is C57H37N5. The minimum absolute atomic E-state index is 0.544. The molecule has 0 aliphatic carbocycles. The third-order valence-corrected chi connectivity index (χ3v) is 12.0. The number of fused-ring (bicyclic) bond motifs is 6. The number of hydrogen-bond acceptors (Lipinski definition) is 3. The normalized spacial score (nSPS) is 11.5. The van der Waals surface area contributed by atoms with Gasteiger partial charge in [0.25, 0.3) is 0 Å². The Bertz CT molecular complexity index is 3550. The summed E-state index contributed by atoms with van der Waals surface area (Å²) in [5, 5.41) is 4.66. The number of rotatable bonds is 7. The number of hydrogen-bond donors (Lipinski definition) is 0. The number of para-hydroxylation sites is 4. The van der Waals surface area contributed by atoms with Crippen molar-refractivity contribution in [3.8, 4) is 67.8 Å². The minimum Gasteiger partial charge on any atom is -0.309 e. The van der Waals surface area contributed by atoms with Crippen LogP contribution in [0.15, 0.2) is 224 Å². The molecule has 0 N–H and O–H groups in total. The molecule has 0 radical (unpaired) electrons. The van der Waals surface area contributed by atoms with Gasteiger partial charge in [-0.15, -0.1) is 0 Å². The van der Waals surface area contributed by atoms with Gasteiger partial charge in [0, 0.05) is 38.2 Å². The van der Waals surface area contributed by atoms with Crippen molar-refractivity contribution in [2.75, 3.05) is 0 Å². The molecule has 0 saturated carbocycles. The molecule has 5 heteroatoms. The predicted molar refractivity (Wildman–Crippen MR) is 256 cm³/mol. The van der Waals surface area contributed by atoms with E-state index in [1.165, 1.54) is 10.8 Å². The molecule has 5 nitrogen and oxygen atoms in total. The molecule has 12 aromatic rings. The van der Waals surface area contributed by atoms with E-state index in [0.717, 1.165) is 83.0 Å². The summed E-state index contributed by atoms with van der Waals surface area (Å²) in [5.41, 5.74) is 13.9. The van der Waals surface area contributed by atoms with E-state index in [-0.39, 0.29) is 0 Å². The topological polar surface area (TPSA) is 48.5 Å². The van der Waals surface area contributed by atoms with Crippen LogP contribution in [-0.2, 0) is 0 Å². The Kier molecular flexibility index (Phi) is 8.42. The summed E-state index contributed by atoms with van der Waals surface area (Å²) in [7, 11) is 0. The molecule has 0 bridgehead atoms. The van der Waals surface area contributed by atoms with E-state index in [0.29, 0.717) is 17.6 Å². The first-order valence-corrected chi connectivity index (χ1v) is 21.0. The fourth-order valence-electron chi connectivity index (χ4n) is 9.23. The largest absolute Gasteiger partial charge is 0.309 e. The van der Waals surface area contributed by atoms with Gasteiger partial charge in [0.05, 0.1) is 27.8 Å². The van der Waals surface area contributed by atoms with Crippen LogP contribution in [0.2, 0.25) is 0 Å². The maximum atomic E-state index is 5.53. The van der Waals surface area contributed by atoms with Crippen molar-refractivity contribution < 1.29 is 0 Å². The third kappa shape index (κ3) is 5.82. The van der Waals surface area contributed by atoms with Crippen LogP contribution >= 0.6 is 0 Å². The molecule has 290 valence electrons. The Morgan fingerprint density at radius 3 is 1.44 bits per heavy atom. The van der Waals surface area contributed by atoms with Crippen molar-refractivity contribution in [1.82, 2.24) is 24.1 Å². The molecule has 9 aromatic carbocycles. The fraction of sp³-hybridized carbons (Fsp3) is 0. The zero-order valence-electron chi connectivity index (χ0n) is 33.6. The zero-order chi connectivity index (χ0) is 41.0. The van der Waals surface area contributed by atoms with E-state index < -0.39 is 0 Å². The Morgan fingerprint density at radius 1 is 0.274 bits per heavy atom. The van der Waals surface area contributed by atoms with E-state index in [9.17, 15) is 0 Å². The van der Waals surface area contributed by atoms with Crippen LogP contribution in [0.1, 0.15) is 0 Å². The lowest BCUT2D eigenvalue weighted by atomic mass is 9.97. The standard InChI is InChI=1S/C57H37N5/c1-4-18-38(19-5-1)39-34-36-42(37-35-39)55-58-56(47-26-12-15-32-51(47)61-49-30-13-10-24-45(49)46-25-11-14-31-50(46)61)60-57(59-55)62-52-33-17-27-43(40-20-6-2-7-21-40)53(52)48-29-16-28-44(54(48)62)41-22-8-3-9-23-41/h1-37H. The first-order chi connectivity index (χ1) is 30.8. The third-order valence-electron chi connectivity index (χ3n) is 12.0. The quantitative estimate of drug-likeness (QED) is 0.162. The second-order valence-electron chi connectivity index (χ2n) is 15.6. The maximum Gasteiger partial charge on any atom is 0.238 e. The molecule has 3 aromatic heterocycles. The lowest BCUT2D eigenvalue weighted by Crippen LogP contribution is -2.08. The molecule has 0 aliphatic rings. The van der Waals surface area contributed by atoms with E-state index in [2.05, 4.69) is 228 Å². The molecule has 0 spiro atoms. The van der Waals surface area contributed by atoms with Gasteiger partial charge >= 0.3 is 0 Å². The summed E-state index contributed by atoms with van der Waals surface area (Å²) in [6, 6.07) is 79.1. The summed E-state index contributed by atoms with van der Waals surface area (Å²) in [6.07, 6.45) is 0. The van der Waals surface area contributed by atoms with Crippen LogP contribution in [0.4, 0.5) is 0 Å². The van der Waals surface area contributed by atoms with Gasteiger partial charge in [-0.2, -0.15) is 9.97 Å². The molecular weight excluding hydrogens is 755 g/mol. The zero-order valence-corrected chi connectivity index (χ0v) is 33.6. The van der Waals surface area contributed by atoms with Gasteiger partial charge < -0.3 is 4.57 Å². The second kappa shape index (κ2) is 14.7. The maximum absolute atomic E-state index is 5.53. The number of benzene rings is 9. The first-order valence-electron chi connectivity index (χ1n) is 21.0. The van der Waals surface area contributed by atoms with Gasteiger partial charge in [-0.25, -0.2) is 4.98 Å². The lowest BCUT2D eigenvalue weighted by Gasteiger charge is -2.16. The molecule has 0 amide bonds. The van der Waals surface area contributed by atoms with Crippen molar-refractivity contribution >= 4 is 43.6 Å². The van der Waals surface area contributed by atoms with Crippen LogP contribution in [0.5, 0.6) is 0 Å². The molecule has 0 saturated heterocycles. The molecule has 0 atom stereocenters. The highest BCUT2D eigenvalue weighted by Gasteiger charge is 2.24. The average Bonchev–Trinajstić information content (AvgIpc) is 3.88. The average molecular weight is 792 g/mol. The molecule has 12 rings (SSSR count). The summed E-state index contributed by atoms with van der Waals surface area (Å²) in [4.78, 5) is 16.3. The van der Waals surface area contributed by atoms with Crippen LogP contribution in [0, 0.1) is 0 Å². The minimum atomic E-state index is 0.544. The molecule has 0 unspecified atom stereocenters. The van der Waals surface area contributed by atoms with E-state index in [4.69, 9.17) is 15.0 Å². The Labute approximate surface area is 358 Å². The molecule has 0 aliphatic heterocycles. The van der Waals surface area contributed by atoms with Crippen molar-refractivity contribution in [3.05, 3.63) is 224 Å². The van der Waals surface area contributed by atoms with Crippen molar-refractivity contribution in [1.29, 1.82) is 0 Å². The smallest absolute Gasteiger partial charge is 0.238 e. The monoisotopic (exact) mass is 791 g/mol. The molecule has 3 heterocycles.